The molecule has 0 fully saturated rings. The zero-order valence-electron chi connectivity index (χ0n) is 8.78. The largest absolute Gasteiger partial charge is 0.368 e. The smallest absolute Gasteiger partial charge is 0.234 e. The summed E-state index contributed by atoms with van der Waals surface area (Å²) in [5, 5.41) is 2.82. The van der Waals surface area contributed by atoms with Crippen LogP contribution in [0.1, 0.15) is 20.8 Å². The lowest BCUT2D eigenvalue weighted by atomic mass is 10.3. The van der Waals surface area contributed by atoms with Crippen molar-refractivity contribution in [2.75, 3.05) is 11.5 Å². The molecule has 0 heterocycles. The molecule has 1 amide bonds. The molecular weight excluding hydrogens is 204 g/mol. The Morgan fingerprint density at radius 3 is 2.29 bits per heavy atom. The number of hydrogen-bond acceptors (Lipinski definition) is 4. The number of sulfone groups is 1. The van der Waals surface area contributed by atoms with E-state index < -0.39 is 21.8 Å². The molecule has 3 N–H and O–H groups in total. The van der Waals surface area contributed by atoms with Crippen molar-refractivity contribution in [2.45, 2.75) is 32.9 Å². The van der Waals surface area contributed by atoms with Gasteiger partial charge < -0.3 is 11.1 Å². The highest BCUT2D eigenvalue weighted by Crippen LogP contribution is 1.95. The van der Waals surface area contributed by atoms with Crippen molar-refractivity contribution in [2.24, 2.45) is 5.73 Å². The van der Waals surface area contributed by atoms with Crippen molar-refractivity contribution >= 4 is 15.7 Å². The van der Waals surface area contributed by atoms with Crippen LogP contribution in [0.5, 0.6) is 0 Å². The van der Waals surface area contributed by atoms with Crippen molar-refractivity contribution in [1.82, 2.24) is 5.32 Å². The fraction of sp³-hybridized carbons (Fsp3) is 0.875. The lowest BCUT2D eigenvalue weighted by Crippen LogP contribution is -2.45. The Balaban J connectivity index is 4.12. The Bertz CT molecular complexity index is 287. The normalized spacial score (nSPS) is 16.2. The Morgan fingerprint density at radius 2 is 1.93 bits per heavy atom. The van der Waals surface area contributed by atoms with E-state index in [4.69, 9.17) is 5.73 Å². The molecule has 0 rings (SSSR count). The van der Waals surface area contributed by atoms with Gasteiger partial charge >= 0.3 is 0 Å². The number of nitrogens with two attached hydrogens (primary N) is 1. The zero-order valence-corrected chi connectivity index (χ0v) is 9.60. The molecule has 0 aliphatic heterocycles. The highest BCUT2D eigenvalue weighted by atomic mass is 32.2. The fourth-order valence-corrected chi connectivity index (χ4v) is 2.15. The van der Waals surface area contributed by atoms with Crippen LogP contribution in [-0.4, -0.2) is 37.9 Å². The number of nitrogens with one attached hydrogen (secondary N) is 1. The van der Waals surface area contributed by atoms with Crippen LogP contribution in [0.4, 0.5) is 0 Å². The monoisotopic (exact) mass is 222 g/mol. The van der Waals surface area contributed by atoms with E-state index in [0.29, 0.717) is 0 Å². The van der Waals surface area contributed by atoms with Gasteiger partial charge in [0.25, 0.3) is 0 Å². The summed E-state index contributed by atoms with van der Waals surface area (Å²) < 4.78 is 22.4. The topological polar surface area (TPSA) is 89.3 Å². The second kappa shape index (κ2) is 5.31. The van der Waals surface area contributed by atoms with E-state index in [9.17, 15) is 13.2 Å². The SMILES string of the molecule is CCS(=O)(=O)CC(C)NC(C)C(N)=O. The van der Waals surface area contributed by atoms with E-state index >= 15 is 0 Å². The number of rotatable bonds is 6. The van der Waals surface area contributed by atoms with E-state index in [2.05, 4.69) is 5.32 Å². The molecule has 14 heavy (non-hydrogen) atoms. The zero-order chi connectivity index (χ0) is 11.4. The molecule has 0 aromatic heterocycles. The van der Waals surface area contributed by atoms with E-state index in [1.807, 2.05) is 0 Å². The first-order chi connectivity index (χ1) is 6.28. The van der Waals surface area contributed by atoms with Crippen LogP contribution in [0.2, 0.25) is 0 Å². The maximum Gasteiger partial charge on any atom is 0.234 e. The van der Waals surface area contributed by atoms with Gasteiger partial charge in [-0.25, -0.2) is 8.42 Å². The maximum absolute atomic E-state index is 11.2. The molecule has 0 aliphatic rings. The Hall–Kier alpha value is -0.620. The third-order valence-electron chi connectivity index (χ3n) is 1.91. The molecule has 0 aliphatic carbocycles. The van der Waals surface area contributed by atoms with Crippen molar-refractivity contribution in [3.63, 3.8) is 0 Å². The second-order valence-electron chi connectivity index (χ2n) is 3.39. The van der Waals surface area contributed by atoms with Gasteiger partial charge in [-0.2, -0.15) is 0 Å². The highest BCUT2D eigenvalue weighted by Gasteiger charge is 2.17. The summed E-state index contributed by atoms with van der Waals surface area (Å²) in [6.45, 7) is 4.92. The Morgan fingerprint density at radius 1 is 1.43 bits per heavy atom. The predicted octanol–water partition coefficient (Wildman–Crippen LogP) is -0.727. The van der Waals surface area contributed by atoms with E-state index in [0.717, 1.165) is 0 Å². The van der Waals surface area contributed by atoms with Gasteiger partial charge in [-0.15, -0.1) is 0 Å². The van der Waals surface area contributed by atoms with Gasteiger partial charge in [0, 0.05) is 11.8 Å². The number of hydrogen-bond donors (Lipinski definition) is 2. The Labute approximate surface area is 85.0 Å². The van der Waals surface area contributed by atoms with Gasteiger partial charge in [-0.1, -0.05) is 6.92 Å². The summed E-state index contributed by atoms with van der Waals surface area (Å²) in [4.78, 5) is 10.7. The summed E-state index contributed by atoms with van der Waals surface area (Å²) in [6, 6.07) is -0.764. The number of amides is 1. The minimum absolute atomic E-state index is 0.0289. The minimum atomic E-state index is -3.00. The van der Waals surface area contributed by atoms with Crippen LogP contribution in [0, 0.1) is 0 Å². The van der Waals surface area contributed by atoms with Crippen LogP contribution < -0.4 is 11.1 Å². The summed E-state index contributed by atoms with van der Waals surface area (Å²) in [5.41, 5.74) is 5.03. The van der Waals surface area contributed by atoms with Crippen LogP contribution in [0.25, 0.3) is 0 Å². The van der Waals surface area contributed by atoms with E-state index in [1.165, 1.54) is 0 Å². The summed E-state index contributed by atoms with van der Waals surface area (Å²) in [6.07, 6.45) is 0. The first-order valence-electron chi connectivity index (χ1n) is 4.54. The predicted molar refractivity (Wildman–Crippen MR) is 55.6 cm³/mol. The van der Waals surface area contributed by atoms with Crippen molar-refractivity contribution in [1.29, 1.82) is 0 Å². The van der Waals surface area contributed by atoms with Gasteiger partial charge in [0.05, 0.1) is 11.8 Å². The van der Waals surface area contributed by atoms with Crippen LogP contribution >= 0.6 is 0 Å². The molecule has 2 unspecified atom stereocenters. The van der Waals surface area contributed by atoms with Crippen molar-refractivity contribution < 1.29 is 13.2 Å². The summed E-state index contributed by atoms with van der Waals surface area (Å²) >= 11 is 0. The minimum Gasteiger partial charge on any atom is -0.368 e. The molecular formula is C8H18N2O3S. The molecule has 0 bridgehead atoms. The average Bonchev–Trinajstić information content (AvgIpc) is 2.02. The van der Waals surface area contributed by atoms with Gasteiger partial charge in [-0.05, 0) is 13.8 Å². The molecule has 0 saturated carbocycles. The molecule has 0 spiro atoms. The molecule has 84 valence electrons. The molecule has 0 aromatic carbocycles. The molecule has 6 heteroatoms. The van der Waals surface area contributed by atoms with Gasteiger partial charge in [0.15, 0.2) is 9.84 Å². The average molecular weight is 222 g/mol. The first-order valence-corrected chi connectivity index (χ1v) is 6.36. The number of carbonyl (C=O) groups excluding carboxylic acids is 1. The highest BCUT2D eigenvalue weighted by molar-refractivity contribution is 7.91. The molecule has 2 atom stereocenters. The van der Waals surface area contributed by atoms with Crippen molar-refractivity contribution in [3.8, 4) is 0 Å². The lowest BCUT2D eigenvalue weighted by Gasteiger charge is -2.17. The quantitative estimate of drug-likeness (QED) is 0.620. The van der Waals surface area contributed by atoms with Gasteiger partial charge in [0.2, 0.25) is 5.91 Å². The summed E-state index contributed by atoms with van der Waals surface area (Å²) in [5.74, 6) is -0.337. The first kappa shape index (κ1) is 13.4. The van der Waals surface area contributed by atoms with Crippen LogP contribution in [-0.2, 0) is 14.6 Å². The third-order valence-corrected chi connectivity index (χ3v) is 3.79. The summed E-state index contributed by atoms with van der Waals surface area (Å²) in [7, 11) is -3.00. The van der Waals surface area contributed by atoms with E-state index in [-0.39, 0.29) is 17.5 Å². The second-order valence-corrected chi connectivity index (χ2v) is 5.79. The van der Waals surface area contributed by atoms with Crippen molar-refractivity contribution in [3.05, 3.63) is 0 Å². The number of primary amides is 1. The maximum atomic E-state index is 11.2. The molecule has 0 saturated heterocycles. The van der Waals surface area contributed by atoms with Gasteiger partial charge in [0.1, 0.15) is 0 Å². The van der Waals surface area contributed by atoms with Crippen LogP contribution in [0.15, 0.2) is 0 Å². The molecule has 5 nitrogen and oxygen atoms in total. The number of carbonyl (C=O) groups is 1. The van der Waals surface area contributed by atoms with Crippen LogP contribution in [0.3, 0.4) is 0 Å². The lowest BCUT2D eigenvalue weighted by molar-refractivity contribution is -0.119. The van der Waals surface area contributed by atoms with Gasteiger partial charge in [-0.3, -0.25) is 4.79 Å². The Kier molecular flexibility index (Phi) is 5.07. The molecule has 0 radical (unpaired) electrons. The standard InChI is InChI=1S/C8H18N2O3S/c1-4-14(12,13)5-6(2)10-7(3)8(9)11/h6-7,10H,4-5H2,1-3H3,(H2,9,11). The fourth-order valence-electron chi connectivity index (χ4n) is 1.06. The third kappa shape index (κ3) is 5.18. The van der Waals surface area contributed by atoms with E-state index in [1.54, 1.807) is 20.8 Å². The molecule has 0 aromatic rings.